The number of nitro groups is 1. The molecule has 8 nitrogen and oxygen atoms in total. The second-order valence-electron chi connectivity index (χ2n) is 6.06. The van der Waals surface area contributed by atoms with Crippen LogP contribution in [0, 0.1) is 10.1 Å². The second kappa shape index (κ2) is 7.65. The number of benzene rings is 1. The molecule has 0 atom stereocenters. The summed E-state index contributed by atoms with van der Waals surface area (Å²) >= 11 is 5.94. The number of hydrogen-bond acceptors (Lipinski definition) is 5. The van der Waals surface area contributed by atoms with E-state index >= 15 is 0 Å². The van der Waals surface area contributed by atoms with Gasteiger partial charge in [-0.05, 0) is 37.3 Å². The van der Waals surface area contributed by atoms with Crippen molar-refractivity contribution in [2.75, 3.05) is 6.54 Å². The van der Waals surface area contributed by atoms with Gasteiger partial charge in [0, 0.05) is 24.7 Å². The highest BCUT2D eigenvalue weighted by atomic mass is 35.5. The third-order valence-electron chi connectivity index (χ3n) is 4.29. The molecular weight excluding hydrogens is 360 g/mol. The number of fused-ring (bicyclic) bond motifs is 1. The van der Waals surface area contributed by atoms with Crippen LogP contribution in [0.25, 0.3) is 0 Å². The fourth-order valence-electron chi connectivity index (χ4n) is 2.93. The number of halogens is 1. The van der Waals surface area contributed by atoms with E-state index in [0.29, 0.717) is 0 Å². The summed E-state index contributed by atoms with van der Waals surface area (Å²) in [6.45, 7) is 0.431. The maximum atomic E-state index is 12.2. The topological polar surface area (TPSA) is 107 Å². The first-order valence-electron chi connectivity index (χ1n) is 8.28. The lowest BCUT2D eigenvalue weighted by molar-refractivity contribution is -0.384. The summed E-state index contributed by atoms with van der Waals surface area (Å²) in [5, 5.41) is 17.7. The number of hydrogen-bond donors (Lipinski definition) is 1. The van der Waals surface area contributed by atoms with Gasteiger partial charge in [0.05, 0.1) is 27.7 Å². The van der Waals surface area contributed by atoms with Crippen molar-refractivity contribution in [2.45, 2.75) is 32.2 Å². The Morgan fingerprint density at radius 2 is 2.08 bits per heavy atom. The minimum atomic E-state index is -0.582. The zero-order valence-electron chi connectivity index (χ0n) is 13.9. The minimum absolute atomic E-state index is 0.000715. The number of nitrogens with one attached hydrogen (secondary N) is 1. The van der Waals surface area contributed by atoms with E-state index in [4.69, 9.17) is 11.6 Å². The summed E-state index contributed by atoms with van der Waals surface area (Å²) in [7, 11) is 0. The Labute approximate surface area is 153 Å². The van der Waals surface area contributed by atoms with E-state index in [1.807, 2.05) is 0 Å². The van der Waals surface area contributed by atoms with Gasteiger partial charge in [0.15, 0.2) is 0 Å². The summed E-state index contributed by atoms with van der Waals surface area (Å²) in [6, 6.07) is 5.28. The fourth-order valence-corrected chi connectivity index (χ4v) is 3.19. The molecule has 1 N–H and O–H groups in total. The zero-order valence-corrected chi connectivity index (χ0v) is 14.7. The van der Waals surface area contributed by atoms with Crippen molar-refractivity contribution >= 4 is 23.2 Å². The highest BCUT2D eigenvalue weighted by molar-refractivity contribution is 6.34. The van der Waals surface area contributed by atoms with Gasteiger partial charge in [-0.2, -0.15) is 5.10 Å². The Balaban J connectivity index is 1.64. The first-order valence-corrected chi connectivity index (χ1v) is 8.65. The predicted octanol–water partition coefficient (Wildman–Crippen LogP) is 2.11. The SMILES string of the molecule is O=C(NCCn1nc2c(cc1=O)CCCC2)c1ccc([N+](=O)[O-])cc1Cl. The van der Waals surface area contributed by atoms with Crippen LogP contribution in [0.1, 0.15) is 34.5 Å². The highest BCUT2D eigenvalue weighted by Crippen LogP contribution is 2.22. The van der Waals surface area contributed by atoms with Gasteiger partial charge < -0.3 is 5.32 Å². The molecular formula is C17H17ClN4O4. The minimum Gasteiger partial charge on any atom is -0.350 e. The molecule has 0 saturated carbocycles. The van der Waals surface area contributed by atoms with Crippen molar-refractivity contribution in [1.29, 1.82) is 0 Å². The normalized spacial score (nSPS) is 13.1. The molecule has 0 fully saturated rings. The summed E-state index contributed by atoms with van der Waals surface area (Å²) in [5.74, 6) is -0.462. The zero-order chi connectivity index (χ0) is 18.7. The summed E-state index contributed by atoms with van der Waals surface area (Å²) < 4.78 is 1.35. The first-order chi connectivity index (χ1) is 12.5. The van der Waals surface area contributed by atoms with Crippen molar-refractivity contribution in [3.8, 4) is 0 Å². The van der Waals surface area contributed by atoms with Gasteiger partial charge in [0.2, 0.25) is 0 Å². The Morgan fingerprint density at radius 3 is 2.81 bits per heavy atom. The molecule has 0 spiro atoms. The lowest BCUT2D eigenvalue weighted by Crippen LogP contribution is -2.33. The number of amides is 1. The van der Waals surface area contributed by atoms with Crippen LogP contribution in [-0.2, 0) is 19.4 Å². The summed E-state index contributed by atoms with van der Waals surface area (Å²) in [6.07, 6.45) is 3.88. The Morgan fingerprint density at radius 1 is 1.31 bits per heavy atom. The van der Waals surface area contributed by atoms with Crippen LogP contribution in [0.4, 0.5) is 5.69 Å². The molecule has 1 heterocycles. The molecule has 26 heavy (non-hydrogen) atoms. The maximum Gasteiger partial charge on any atom is 0.270 e. The molecule has 0 aliphatic heterocycles. The van der Waals surface area contributed by atoms with Crippen molar-refractivity contribution in [3.63, 3.8) is 0 Å². The van der Waals surface area contributed by atoms with E-state index < -0.39 is 10.8 Å². The van der Waals surface area contributed by atoms with Crippen LogP contribution in [0.2, 0.25) is 5.02 Å². The lowest BCUT2D eigenvalue weighted by Gasteiger charge is -2.16. The largest absolute Gasteiger partial charge is 0.350 e. The summed E-state index contributed by atoms with van der Waals surface area (Å²) in [4.78, 5) is 34.4. The number of carbonyl (C=O) groups is 1. The van der Waals surface area contributed by atoms with Crippen LogP contribution < -0.4 is 10.9 Å². The number of aryl methyl sites for hydroxylation is 2. The van der Waals surface area contributed by atoms with Gasteiger partial charge in [0.1, 0.15) is 0 Å². The van der Waals surface area contributed by atoms with Crippen molar-refractivity contribution in [2.24, 2.45) is 0 Å². The van der Waals surface area contributed by atoms with Gasteiger partial charge in [-0.25, -0.2) is 4.68 Å². The monoisotopic (exact) mass is 376 g/mol. The molecule has 3 rings (SSSR count). The quantitative estimate of drug-likeness (QED) is 0.635. The molecule has 1 aromatic heterocycles. The number of aromatic nitrogens is 2. The van der Waals surface area contributed by atoms with Crippen molar-refractivity contribution in [1.82, 2.24) is 15.1 Å². The first kappa shape index (κ1) is 18.1. The van der Waals surface area contributed by atoms with Crippen LogP contribution in [0.5, 0.6) is 0 Å². The van der Waals surface area contributed by atoms with E-state index in [1.165, 1.54) is 16.8 Å². The third kappa shape index (κ3) is 3.91. The number of rotatable bonds is 5. The fraction of sp³-hybridized carbons (Fsp3) is 0.353. The molecule has 0 saturated heterocycles. The second-order valence-corrected chi connectivity index (χ2v) is 6.47. The lowest BCUT2D eigenvalue weighted by atomic mass is 9.97. The van der Waals surface area contributed by atoms with Crippen LogP contribution >= 0.6 is 11.6 Å². The van der Waals surface area contributed by atoms with Crippen LogP contribution in [0.3, 0.4) is 0 Å². The molecule has 0 bridgehead atoms. The Hall–Kier alpha value is -2.74. The van der Waals surface area contributed by atoms with E-state index in [-0.39, 0.29) is 34.9 Å². The Bertz CT molecular complexity index is 925. The molecule has 0 unspecified atom stereocenters. The Kier molecular flexibility index (Phi) is 5.32. The van der Waals surface area contributed by atoms with Crippen molar-refractivity contribution in [3.05, 3.63) is 66.6 Å². The number of carbonyl (C=O) groups excluding carboxylic acids is 1. The number of nitrogens with zero attached hydrogens (tertiary/aromatic N) is 3. The summed E-state index contributed by atoms with van der Waals surface area (Å²) in [5.41, 5.74) is 1.73. The molecule has 1 aliphatic rings. The molecule has 136 valence electrons. The maximum absolute atomic E-state index is 12.2. The third-order valence-corrected chi connectivity index (χ3v) is 4.60. The molecule has 9 heteroatoms. The van der Waals surface area contributed by atoms with Gasteiger partial charge in [0.25, 0.3) is 17.2 Å². The van der Waals surface area contributed by atoms with E-state index in [9.17, 15) is 19.7 Å². The van der Waals surface area contributed by atoms with E-state index in [1.54, 1.807) is 6.07 Å². The van der Waals surface area contributed by atoms with Gasteiger partial charge in [-0.1, -0.05) is 11.6 Å². The smallest absolute Gasteiger partial charge is 0.270 e. The van der Waals surface area contributed by atoms with Crippen molar-refractivity contribution < 1.29 is 9.72 Å². The van der Waals surface area contributed by atoms with Gasteiger partial charge >= 0.3 is 0 Å². The molecule has 1 aromatic carbocycles. The van der Waals surface area contributed by atoms with Crippen LogP contribution in [0.15, 0.2) is 29.1 Å². The average molecular weight is 377 g/mol. The highest BCUT2D eigenvalue weighted by Gasteiger charge is 2.16. The average Bonchev–Trinajstić information content (AvgIpc) is 2.61. The van der Waals surface area contributed by atoms with E-state index in [0.717, 1.165) is 43.0 Å². The predicted molar refractivity (Wildman–Crippen MR) is 95.6 cm³/mol. The van der Waals surface area contributed by atoms with Crippen LogP contribution in [-0.4, -0.2) is 27.2 Å². The standard InChI is InChI=1S/C17H17ClN4O4/c18-14-10-12(22(25)26)5-6-13(14)17(24)19-7-8-21-16(23)9-11-3-1-2-4-15(11)20-21/h5-6,9-10H,1-4,7-8H2,(H,19,24). The number of non-ortho nitro benzene ring substituents is 1. The molecule has 1 amide bonds. The number of nitro benzene ring substituents is 1. The molecule has 2 aromatic rings. The van der Waals surface area contributed by atoms with E-state index in [2.05, 4.69) is 10.4 Å². The molecule has 1 aliphatic carbocycles. The molecule has 0 radical (unpaired) electrons. The van der Waals surface area contributed by atoms with Gasteiger partial charge in [-0.15, -0.1) is 0 Å². The van der Waals surface area contributed by atoms with Gasteiger partial charge in [-0.3, -0.25) is 19.7 Å².